The molecule has 2 aliphatic heterocycles. The molecule has 4 heteroatoms. The van der Waals surface area contributed by atoms with Gasteiger partial charge in [0.15, 0.2) is 0 Å². The Bertz CT molecular complexity index is 335. The second kappa shape index (κ2) is 3.90. The lowest BCUT2D eigenvalue weighted by Crippen LogP contribution is -2.52. The van der Waals surface area contributed by atoms with Crippen LogP contribution in [0.4, 0.5) is 5.69 Å². The molecule has 0 saturated carbocycles. The normalized spacial score (nSPS) is 29.5. The van der Waals surface area contributed by atoms with Crippen molar-refractivity contribution in [1.82, 2.24) is 10.3 Å². The fourth-order valence-electron chi connectivity index (χ4n) is 2.72. The number of piperazine rings is 1. The number of pyridine rings is 1. The summed E-state index contributed by atoms with van der Waals surface area (Å²) in [6.45, 7) is 2.25. The first-order chi connectivity index (χ1) is 7.34. The second-order valence-electron chi connectivity index (χ2n) is 4.29. The van der Waals surface area contributed by atoms with Crippen molar-refractivity contribution < 1.29 is 0 Å². The van der Waals surface area contributed by atoms with Crippen molar-refractivity contribution >= 4 is 28.3 Å². The maximum Gasteiger partial charge on any atom is 0.101 e. The van der Waals surface area contributed by atoms with Crippen LogP contribution in [0.15, 0.2) is 18.3 Å². The number of nitrogens with zero attached hydrogens (tertiary/aromatic N) is 2. The minimum absolute atomic E-state index is 0.686. The molecule has 0 radical (unpaired) electrons. The van der Waals surface area contributed by atoms with Crippen LogP contribution < -0.4 is 10.2 Å². The molecular formula is C11H14IN3. The van der Waals surface area contributed by atoms with Gasteiger partial charge in [0.25, 0.3) is 0 Å². The standard InChI is InChI=1S/C11H14IN3/c12-11-4-3-10(7-14-11)15-8-1-2-9(15)6-13-5-8/h3-4,7-9,13H,1-2,5-6H2. The Labute approximate surface area is 103 Å². The fourth-order valence-corrected chi connectivity index (χ4v) is 3.04. The van der Waals surface area contributed by atoms with Crippen molar-refractivity contribution in [3.05, 3.63) is 22.0 Å². The van der Waals surface area contributed by atoms with E-state index in [1.54, 1.807) is 0 Å². The van der Waals surface area contributed by atoms with Crippen molar-refractivity contribution in [1.29, 1.82) is 0 Å². The molecule has 3 heterocycles. The second-order valence-corrected chi connectivity index (χ2v) is 5.39. The Balaban J connectivity index is 1.90. The Morgan fingerprint density at radius 1 is 1.27 bits per heavy atom. The van der Waals surface area contributed by atoms with Crippen molar-refractivity contribution in [3.63, 3.8) is 0 Å². The molecule has 2 saturated heterocycles. The Kier molecular flexibility index (Phi) is 2.56. The van der Waals surface area contributed by atoms with E-state index in [1.165, 1.54) is 18.5 Å². The highest BCUT2D eigenvalue weighted by atomic mass is 127. The van der Waals surface area contributed by atoms with Crippen LogP contribution in [0, 0.1) is 3.70 Å². The van der Waals surface area contributed by atoms with Gasteiger partial charge in [-0.1, -0.05) is 0 Å². The molecule has 2 atom stereocenters. The molecule has 1 aromatic rings. The summed E-state index contributed by atoms with van der Waals surface area (Å²) in [4.78, 5) is 6.93. The van der Waals surface area contributed by atoms with Crippen LogP contribution in [0.1, 0.15) is 12.8 Å². The largest absolute Gasteiger partial charge is 0.362 e. The minimum atomic E-state index is 0.686. The first-order valence-electron chi connectivity index (χ1n) is 5.45. The van der Waals surface area contributed by atoms with Gasteiger partial charge in [-0.3, -0.25) is 0 Å². The summed E-state index contributed by atoms with van der Waals surface area (Å²) in [6, 6.07) is 5.67. The van der Waals surface area contributed by atoms with Gasteiger partial charge >= 0.3 is 0 Å². The Hall–Kier alpha value is -0.360. The average Bonchev–Trinajstić information content (AvgIpc) is 2.51. The van der Waals surface area contributed by atoms with E-state index in [9.17, 15) is 0 Å². The van der Waals surface area contributed by atoms with Gasteiger partial charge in [0, 0.05) is 25.2 Å². The third kappa shape index (κ3) is 1.73. The summed E-state index contributed by atoms with van der Waals surface area (Å²) in [5.41, 5.74) is 1.30. The lowest BCUT2D eigenvalue weighted by Gasteiger charge is -2.37. The van der Waals surface area contributed by atoms with Gasteiger partial charge < -0.3 is 10.2 Å². The summed E-state index contributed by atoms with van der Waals surface area (Å²) in [5, 5.41) is 3.49. The van der Waals surface area contributed by atoms with Gasteiger partial charge in [0.05, 0.1) is 11.9 Å². The van der Waals surface area contributed by atoms with Crippen LogP contribution in [-0.4, -0.2) is 30.2 Å². The van der Waals surface area contributed by atoms with E-state index in [4.69, 9.17) is 0 Å². The summed E-state index contributed by atoms with van der Waals surface area (Å²) in [7, 11) is 0. The monoisotopic (exact) mass is 315 g/mol. The minimum Gasteiger partial charge on any atom is -0.362 e. The van der Waals surface area contributed by atoms with Gasteiger partial charge in [-0.05, 0) is 47.6 Å². The van der Waals surface area contributed by atoms with E-state index in [1.807, 2.05) is 6.20 Å². The SMILES string of the molecule is Ic1ccc(N2C3CCC2CNC3)cn1. The number of anilines is 1. The maximum atomic E-state index is 4.38. The molecule has 0 spiro atoms. The average molecular weight is 315 g/mol. The summed E-state index contributed by atoms with van der Waals surface area (Å²) in [5.74, 6) is 0. The summed E-state index contributed by atoms with van der Waals surface area (Å²) < 4.78 is 1.07. The fraction of sp³-hybridized carbons (Fsp3) is 0.545. The highest BCUT2D eigenvalue weighted by Crippen LogP contribution is 2.31. The molecule has 0 amide bonds. The molecule has 1 aromatic heterocycles. The van der Waals surface area contributed by atoms with Crippen LogP contribution in [0.2, 0.25) is 0 Å². The van der Waals surface area contributed by atoms with Crippen molar-refractivity contribution in [2.75, 3.05) is 18.0 Å². The van der Waals surface area contributed by atoms with E-state index >= 15 is 0 Å². The smallest absolute Gasteiger partial charge is 0.101 e. The van der Waals surface area contributed by atoms with Crippen LogP contribution in [0.3, 0.4) is 0 Å². The molecule has 1 N–H and O–H groups in total. The molecule has 2 aliphatic rings. The molecule has 0 aromatic carbocycles. The van der Waals surface area contributed by atoms with Gasteiger partial charge in [0.1, 0.15) is 3.70 Å². The first kappa shape index (κ1) is 9.84. The van der Waals surface area contributed by atoms with Crippen LogP contribution in [0.25, 0.3) is 0 Å². The van der Waals surface area contributed by atoms with E-state index < -0.39 is 0 Å². The van der Waals surface area contributed by atoms with E-state index in [0.717, 1.165) is 16.8 Å². The highest BCUT2D eigenvalue weighted by Gasteiger charge is 2.36. The molecule has 2 bridgehead atoms. The number of nitrogens with one attached hydrogen (secondary N) is 1. The van der Waals surface area contributed by atoms with Gasteiger partial charge in [-0.25, -0.2) is 4.98 Å². The van der Waals surface area contributed by atoms with Crippen LogP contribution in [0.5, 0.6) is 0 Å². The number of aromatic nitrogens is 1. The lowest BCUT2D eigenvalue weighted by atomic mass is 10.2. The number of fused-ring (bicyclic) bond motifs is 2. The number of hydrogen-bond acceptors (Lipinski definition) is 3. The van der Waals surface area contributed by atoms with E-state index in [-0.39, 0.29) is 0 Å². The molecule has 2 fully saturated rings. The van der Waals surface area contributed by atoms with E-state index in [0.29, 0.717) is 12.1 Å². The Morgan fingerprint density at radius 3 is 2.60 bits per heavy atom. The van der Waals surface area contributed by atoms with Crippen molar-refractivity contribution in [3.8, 4) is 0 Å². The molecule has 80 valence electrons. The molecular weight excluding hydrogens is 301 g/mol. The first-order valence-corrected chi connectivity index (χ1v) is 6.53. The third-order valence-corrected chi connectivity index (χ3v) is 4.03. The number of hydrogen-bond donors (Lipinski definition) is 1. The van der Waals surface area contributed by atoms with Crippen LogP contribution >= 0.6 is 22.6 Å². The van der Waals surface area contributed by atoms with Gasteiger partial charge in [0.2, 0.25) is 0 Å². The molecule has 3 nitrogen and oxygen atoms in total. The van der Waals surface area contributed by atoms with E-state index in [2.05, 4.69) is 49.9 Å². The highest BCUT2D eigenvalue weighted by molar-refractivity contribution is 14.1. The number of halogens is 1. The third-order valence-electron chi connectivity index (χ3n) is 3.39. The predicted molar refractivity (Wildman–Crippen MR) is 69.1 cm³/mol. The maximum absolute atomic E-state index is 4.38. The topological polar surface area (TPSA) is 28.2 Å². The number of rotatable bonds is 1. The molecule has 0 aliphatic carbocycles. The Morgan fingerprint density at radius 2 is 2.00 bits per heavy atom. The van der Waals surface area contributed by atoms with Crippen molar-refractivity contribution in [2.45, 2.75) is 24.9 Å². The van der Waals surface area contributed by atoms with Crippen molar-refractivity contribution in [2.24, 2.45) is 0 Å². The molecule has 2 unspecified atom stereocenters. The lowest BCUT2D eigenvalue weighted by molar-refractivity contribution is 0.484. The molecule has 3 rings (SSSR count). The zero-order valence-corrected chi connectivity index (χ0v) is 10.6. The van der Waals surface area contributed by atoms with Crippen LogP contribution in [-0.2, 0) is 0 Å². The molecule has 15 heavy (non-hydrogen) atoms. The zero-order valence-electron chi connectivity index (χ0n) is 8.49. The van der Waals surface area contributed by atoms with Gasteiger partial charge in [-0.2, -0.15) is 0 Å². The quantitative estimate of drug-likeness (QED) is 0.631. The summed E-state index contributed by atoms with van der Waals surface area (Å²) >= 11 is 2.25. The zero-order chi connectivity index (χ0) is 10.3. The van der Waals surface area contributed by atoms with Gasteiger partial charge in [-0.15, -0.1) is 0 Å². The predicted octanol–water partition coefficient (Wildman–Crippen LogP) is 1.63. The summed E-state index contributed by atoms with van der Waals surface area (Å²) in [6.07, 6.45) is 4.66.